The highest BCUT2D eigenvalue weighted by Gasteiger charge is 2.50. The molecule has 144 valence electrons. The Hall–Kier alpha value is -1.44. The highest BCUT2D eigenvalue weighted by Crippen LogP contribution is 2.43. The molecule has 0 aliphatic carbocycles. The zero-order chi connectivity index (χ0) is 19.1. The summed E-state index contributed by atoms with van der Waals surface area (Å²) in [4.78, 5) is 14.1. The first-order valence-corrected chi connectivity index (χ1v) is 10.6. The number of piperidine rings is 1. The summed E-state index contributed by atoms with van der Waals surface area (Å²) in [5.74, 6) is 0.0275. The highest BCUT2D eigenvalue weighted by atomic mass is 32.2. The van der Waals surface area contributed by atoms with Gasteiger partial charge in [0.15, 0.2) is 0 Å². The minimum Gasteiger partial charge on any atom is -0.362 e. The molecule has 2 heterocycles. The van der Waals surface area contributed by atoms with Gasteiger partial charge in [-0.2, -0.15) is 4.31 Å². The molecule has 2 aliphatic rings. The first-order valence-electron chi connectivity index (χ1n) is 9.11. The van der Waals surface area contributed by atoms with Crippen LogP contribution in [-0.2, 0) is 19.6 Å². The van der Waals surface area contributed by atoms with Crippen molar-refractivity contribution in [2.24, 2.45) is 5.92 Å². The van der Waals surface area contributed by atoms with Crippen LogP contribution in [0.4, 0.5) is 0 Å². The van der Waals surface area contributed by atoms with Gasteiger partial charge >= 0.3 is 0 Å². The van der Waals surface area contributed by atoms with Gasteiger partial charge in [0.1, 0.15) is 6.10 Å². The van der Waals surface area contributed by atoms with Crippen molar-refractivity contribution in [2.75, 3.05) is 27.2 Å². The topological polar surface area (TPSA) is 66.9 Å². The van der Waals surface area contributed by atoms with Crippen molar-refractivity contribution < 1.29 is 17.9 Å². The van der Waals surface area contributed by atoms with Crippen molar-refractivity contribution in [2.45, 2.75) is 49.7 Å². The maximum atomic E-state index is 13.0. The smallest absolute Gasteiger partial charge is 0.251 e. The summed E-state index contributed by atoms with van der Waals surface area (Å²) in [6, 6.07) is 7.02. The summed E-state index contributed by atoms with van der Waals surface area (Å²) in [7, 11) is -0.0378. The quantitative estimate of drug-likeness (QED) is 0.805. The number of rotatable bonds is 3. The number of carbonyl (C=O) groups is 1. The van der Waals surface area contributed by atoms with E-state index in [1.165, 1.54) is 0 Å². The van der Waals surface area contributed by atoms with E-state index in [4.69, 9.17) is 4.74 Å². The van der Waals surface area contributed by atoms with Crippen molar-refractivity contribution in [3.05, 3.63) is 29.8 Å². The number of amides is 1. The second kappa shape index (κ2) is 6.94. The fourth-order valence-electron chi connectivity index (χ4n) is 4.05. The first kappa shape index (κ1) is 19.3. The number of carbonyl (C=O) groups excluding carboxylic acids is 1. The number of hydrogen-bond donors (Lipinski definition) is 0. The van der Waals surface area contributed by atoms with E-state index in [1.807, 2.05) is 19.9 Å². The Balaban J connectivity index is 1.74. The van der Waals surface area contributed by atoms with Gasteiger partial charge < -0.3 is 9.64 Å². The summed E-state index contributed by atoms with van der Waals surface area (Å²) < 4.78 is 33.7. The molecule has 1 aromatic carbocycles. The fourth-order valence-corrected chi connectivity index (χ4v) is 5.69. The van der Waals surface area contributed by atoms with E-state index < -0.39 is 21.7 Å². The standard InChI is InChI=1S/C19H28N2O4S/c1-14-6-5-7-16(12-14)26(23,24)21-11-10-19(15(2)13-21)9-8-17(25-19)18(22)20(3)4/h5-7,12,15,17H,8-11,13H2,1-4H3/t15-,17+,19+/m0/s1. The summed E-state index contributed by atoms with van der Waals surface area (Å²) in [5, 5.41) is 0. The number of sulfonamides is 1. The monoisotopic (exact) mass is 380 g/mol. The van der Waals surface area contributed by atoms with Crippen LogP contribution in [-0.4, -0.2) is 62.4 Å². The van der Waals surface area contributed by atoms with Gasteiger partial charge in [-0.1, -0.05) is 19.1 Å². The van der Waals surface area contributed by atoms with E-state index in [1.54, 1.807) is 41.5 Å². The molecule has 0 aromatic heterocycles. The summed E-state index contributed by atoms with van der Waals surface area (Å²) in [5.41, 5.74) is 0.534. The molecule has 0 saturated carbocycles. The van der Waals surface area contributed by atoms with Crippen LogP contribution in [0, 0.1) is 12.8 Å². The predicted molar refractivity (Wildman–Crippen MR) is 99.3 cm³/mol. The van der Waals surface area contributed by atoms with Gasteiger partial charge in [0.25, 0.3) is 5.91 Å². The summed E-state index contributed by atoms with van der Waals surface area (Å²) in [6.07, 6.45) is 1.71. The lowest BCUT2D eigenvalue weighted by Crippen LogP contribution is -2.52. The van der Waals surface area contributed by atoms with Crippen molar-refractivity contribution in [3.8, 4) is 0 Å². The molecule has 1 amide bonds. The molecule has 2 saturated heterocycles. The third-order valence-electron chi connectivity index (χ3n) is 5.71. The van der Waals surface area contributed by atoms with Crippen molar-refractivity contribution >= 4 is 15.9 Å². The Morgan fingerprint density at radius 1 is 1.31 bits per heavy atom. The van der Waals surface area contributed by atoms with Gasteiger partial charge in [-0.05, 0) is 49.8 Å². The van der Waals surface area contributed by atoms with Crippen molar-refractivity contribution in [1.29, 1.82) is 0 Å². The molecule has 7 heteroatoms. The SMILES string of the molecule is Cc1cccc(S(=O)(=O)N2CC[C@]3(CC[C@H](C(=O)N(C)C)O3)[C@@H](C)C2)c1. The Bertz CT molecular complexity index is 792. The molecule has 1 aromatic rings. The Morgan fingerprint density at radius 3 is 2.65 bits per heavy atom. The molecule has 6 nitrogen and oxygen atoms in total. The second-order valence-electron chi connectivity index (χ2n) is 7.77. The van der Waals surface area contributed by atoms with E-state index >= 15 is 0 Å². The number of nitrogens with zero attached hydrogens (tertiary/aromatic N) is 2. The number of likely N-dealkylation sites (N-methyl/N-ethyl adjacent to an activating group) is 1. The van der Waals surface area contributed by atoms with Gasteiger partial charge in [-0.3, -0.25) is 4.79 Å². The van der Waals surface area contributed by atoms with Crippen LogP contribution in [0.5, 0.6) is 0 Å². The van der Waals surface area contributed by atoms with Gasteiger partial charge in [0.2, 0.25) is 10.0 Å². The van der Waals surface area contributed by atoms with Crippen LogP contribution >= 0.6 is 0 Å². The lowest BCUT2D eigenvalue weighted by Gasteiger charge is -2.43. The average molecular weight is 381 g/mol. The number of hydrogen-bond acceptors (Lipinski definition) is 4. The lowest BCUT2D eigenvalue weighted by molar-refractivity contribution is -0.152. The van der Waals surface area contributed by atoms with Gasteiger partial charge in [-0.15, -0.1) is 0 Å². The predicted octanol–water partition coefficient (Wildman–Crippen LogP) is 2.03. The molecule has 0 N–H and O–H groups in total. The van der Waals surface area contributed by atoms with Crippen LogP contribution in [0.3, 0.4) is 0 Å². The molecule has 0 unspecified atom stereocenters. The Kier molecular flexibility index (Phi) is 5.16. The van der Waals surface area contributed by atoms with Crippen LogP contribution in [0.25, 0.3) is 0 Å². The zero-order valence-corrected chi connectivity index (χ0v) is 16.8. The third-order valence-corrected chi connectivity index (χ3v) is 7.57. The van der Waals surface area contributed by atoms with Crippen LogP contribution in [0.1, 0.15) is 31.7 Å². The molecule has 26 heavy (non-hydrogen) atoms. The number of ether oxygens (including phenoxy) is 1. The third kappa shape index (κ3) is 3.40. The lowest BCUT2D eigenvalue weighted by atomic mass is 9.81. The van der Waals surface area contributed by atoms with Gasteiger partial charge in [0, 0.05) is 27.2 Å². The molecule has 1 spiro atoms. The van der Waals surface area contributed by atoms with Crippen LogP contribution in [0.15, 0.2) is 29.2 Å². The normalized spacial score (nSPS) is 29.8. The second-order valence-corrected chi connectivity index (χ2v) is 9.71. The average Bonchev–Trinajstić information content (AvgIpc) is 3.01. The molecular weight excluding hydrogens is 352 g/mol. The minimum absolute atomic E-state index is 0.0103. The minimum atomic E-state index is -3.50. The van der Waals surface area contributed by atoms with Gasteiger partial charge in [0.05, 0.1) is 10.5 Å². The molecule has 0 radical (unpaired) electrons. The van der Waals surface area contributed by atoms with E-state index in [2.05, 4.69) is 0 Å². The van der Waals surface area contributed by atoms with E-state index in [-0.39, 0.29) is 11.8 Å². The summed E-state index contributed by atoms with van der Waals surface area (Å²) >= 11 is 0. The maximum absolute atomic E-state index is 13.0. The largest absolute Gasteiger partial charge is 0.362 e. The molecule has 2 fully saturated rings. The molecule has 0 bridgehead atoms. The number of benzene rings is 1. The van der Waals surface area contributed by atoms with E-state index in [0.29, 0.717) is 30.8 Å². The van der Waals surface area contributed by atoms with Crippen molar-refractivity contribution in [1.82, 2.24) is 9.21 Å². The van der Waals surface area contributed by atoms with E-state index in [9.17, 15) is 13.2 Å². The van der Waals surface area contributed by atoms with Crippen LogP contribution < -0.4 is 0 Å². The highest BCUT2D eigenvalue weighted by molar-refractivity contribution is 7.89. The number of aryl methyl sites for hydroxylation is 1. The Labute approximate surface area is 156 Å². The van der Waals surface area contributed by atoms with Crippen molar-refractivity contribution in [3.63, 3.8) is 0 Å². The molecule has 3 rings (SSSR count). The molecule has 2 aliphatic heterocycles. The fraction of sp³-hybridized carbons (Fsp3) is 0.632. The van der Waals surface area contributed by atoms with E-state index in [0.717, 1.165) is 12.0 Å². The van der Waals surface area contributed by atoms with Crippen LogP contribution in [0.2, 0.25) is 0 Å². The molecular formula is C19H28N2O4S. The van der Waals surface area contributed by atoms with Gasteiger partial charge in [-0.25, -0.2) is 8.42 Å². The first-order chi connectivity index (χ1) is 12.2. The zero-order valence-electron chi connectivity index (χ0n) is 15.9. The maximum Gasteiger partial charge on any atom is 0.251 e. The summed E-state index contributed by atoms with van der Waals surface area (Å²) in [6.45, 7) is 4.75. The molecule has 3 atom stereocenters. The Morgan fingerprint density at radius 2 is 2.04 bits per heavy atom.